The zero-order chi connectivity index (χ0) is 12.8. The van der Waals surface area contributed by atoms with Crippen molar-refractivity contribution in [1.82, 2.24) is 5.32 Å². The monoisotopic (exact) mass is 251 g/mol. The van der Waals surface area contributed by atoms with Gasteiger partial charge < -0.3 is 15.2 Å². The van der Waals surface area contributed by atoms with Crippen molar-refractivity contribution in [1.29, 1.82) is 0 Å². The molecule has 2 aliphatic carbocycles. The van der Waals surface area contributed by atoms with Crippen molar-refractivity contribution in [3.8, 4) is 0 Å². The van der Waals surface area contributed by atoms with Gasteiger partial charge in [-0.05, 0) is 44.4 Å². The Morgan fingerprint density at radius 2 is 2.28 bits per heavy atom. The molecule has 0 aromatic rings. The standard InChI is InChI=1S/C15H25NO2/c1-10(14-8-12-3-4-13(14)7-12)16-9-15(17)5-6-18-11(15)2/h3-4,10-14,16-17H,5-9H2,1-2H3. The number of nitrogens with one attached hydrogen (secondary N) is 1. The van der Waals surface area contributed by atoms with Crippen molar-refractivity contribution in [2.45, 2.75) is 50.9 Å². The number of allylic oxidation sites excluding steroid dienone is 2. The van der Waals surface area contributed by atoms with Crippen LogP contribution >= 0.6 is 0 Å². The Balaban J connectivity index is 1.53. The van der Waals surface area contributed by atoms with Crippen LogP contribution in [-0.2, 0) is 4.74 Å². The Bertz CT molecular complexity index is 343. The topological polar surface area (TPSA) is 41.5 Å². The lowest BCUT2D eigenvalue weighted by atomic mass is 9.87. The van der Waals surface area contributed by atoms with E-state index in [4.69, 9.17) is 4.74 Å². The van der Waals surface area contributed by atoms with E-state index >= 15 is 0 Å². The smallest absolute Gasteiger partial charge is 0.105 e. The second kappa shape index (κ2) is 4.62. The van der Waals surface area contributed by atoms with Crippen LogP contribution < -0.4 is 5.32 Å². The highest BCUT2D eigenvalue weighted by Gasteiger charge is 2.42. The molecule has 0 amide bonds. The molecule has 2 fully saturated rings. The number of hydrogen-bond donors (Lipinski definition) is 2. The number of aliphatic hydroxyl groups is 1. The molecule has 2 bridgehead atoms. The Kier molecular flexibility index (Phi) is 3.25. The van der Waals surface area contributed by atoms with Gasteiger partial charge in [0.05, 0.1) is 6.10 Å². The molecule has 3 nitrogen and oxygen atoms in total. The largest absolute Gasteiger partial charge is 0.386 e. The Labute approximate surface area is 110 Å². The summed E-state index contributed by atoms with van der Waals surface area (Å²) in [6.45, 7) is 5.58. The van der Waals surface area contributed by atoms with Gasteiger partial charge in [0, 0.05) is 25.6 Å². The lowest BCUT2D eigenvalue weighted by Gasteiger charge is -2.32. The second-order valence-electron chi connectivity index (χ2n) is 6.48. The highest BCUT2D eigenvalue weighted by Crippen LogP contribution is 2.44. The van der Waals surface area contributed by atoms with E-state index in [1.54, 1.807) is 0 Å². The van der Waals surface area contributed by atoms with Crippen LogP contribution in [-0.4, -0.2) is 36.0 Å². The first kappa shape index (κ1) is 12.6. The van der Waals surface area contributed by atoms with Crippen LogP contribution in [0.4, 0.5) is 0 Å². The molecular weight excluding hydrogens is 226 g/mol. The minimum Gasteiger partial charge on any atom is -0.386 e. The first-order chi connectivity index (χ1) is 8.58. The van der Waals surface area contributed by atoms with Gasteiger partial charge in [-0.3, -0.25) is 0 Å². The summed E-state index contributed by atoms with van der Waals surface area (Å²) in [4.78, 5) is 0. The van der Waals surface area contributed by atoms with Crippen molar-refractivity contribution in [3.63, 3.8) is 0 Å². The van der Waals surface area contributed by atoms with Gasteiger partial charge in [-0.15, -0.1) is 0 Å². The van der Waals surface area contributed by atoms with E-state index in [0.29, 0.717) is 19.2 Å². The summed E-state index contributed by atoms with van der Waals surface area (Å²) < 4.78 is 5.47. The average Bonchev–Trinajstić information content (AvgIpc) is 3.04. The quantitative estimate of drug-likeness (QED) is 0.748. The predicted octanol–water partition coefficient (Wildman–Crippen LogP) is 1.72. The fraction of sp³-hybridized carbons (Fsp3) is 0.867. The average molecular weight is 251 g/mol. The molecule has 2 N–H and O–H groups in total. The summed E-state index contributed by atoms with van der Waals surface area (Å²) in [5.41, 5.74) is -0.665. The van der Waals surface area contributed by atoms with E-state index in [0.717, 1.165) is 24.2 Å². The van der Waals surface area contributed by atoms with E-state index in [9.17, 15) is 5.11 Å². The van der Waals surface area contributed by atoms with Crippen LogP contribution in [0.2, 0.25) is 0 Å². The molecule has 1 heterocycles. The normalized spacial score (nSPS) is 47.9. The van der Waals surface area contributed by atoms with Crippen LogP contribution in [0.1, 0.15) is 33.1 Å². The van der Waals surface area contributed by atoms with E-state index in [1.807, 2.05) is 6.92 Å². The Hall–Kier alpha value is -0.380. The van der Waals surface area contributed by atoms with Crippen LogP contribution in [0.5, 0.6) is 0 Å². The SMILES string of the molecule is CC(NCC1(O)CCOC1C)C1CC2C=CC1C2. The maximum absolute atomic E-state index is 10.5. The van der Waals surface area contributed by atoms with E-state index in [2.05, 4.69) is 24.4 Å². The molecule has 0 radical (unpaired) electrons. The molecule has 102 valence electrons. The molecule has 0 aromatic carbocycles. The highest BCUT2D eigenvalue weighted by molar-refractivity contribution is 5.11. The summed E-state index contributed by atoms with van der Waals surface area (Å²) in [7, 11) is 0. The summed E-state index contributed by atoms with van der Waals surface area (Å²) in [5, 5.41) is 14.0. The molecule has 3 heteroatoms. The summed E-state index contributed by atoms with van der Waals surface area (Å²) >= 11 is 0. The molecular formula is C15H25NO2. The van der Waals surface area contributed by atoms with Gasteiger partial charge in [-0.2, -0.15) is 0 Å². The minimum atomic E-state index is -0.665. The maximum Gasteiger partial charge on any atom is 0.105 e. The zero-order valence-corrected chi connectivity index (χ0v) is 11.4. The number of fused-ring (bicyclic) bond motifs is 2. The van der Waals surface area contributed by atoms with Crippen molar-refractivity contribution < 1.29 is 9.84 Å². The van der Waals surface area contributed by atoms with E-state index in [-0.39, 0.29) is 6.10 Å². The van der Waals surface area contributed by atoms with Gasteiger partial charge in [0.15, 0.2) is 0 Å². The van der Waals surface area contributed by atoms with E-state index < -0.39 is 5.60 Å². The van der Waals surface area contributed by atoms with Gasteiger partial charge >= 0.3 is 0 Å². The maximum atomic E-state index is 10.5. The third-order valence-electron chi connectivity index (χ3n) is 5.36. The fourth-order valence-corrected chi connectivity index (χ4v) is 3.89. The lowest BCUT2D eigenvalue weighted by molar-refractivity contribution is -0.0285. The van der Waals surface area contributed by atoms with Crippen LogP contribution in [0, 0.1) is 17.8 Å². The highest BCUT2D eigenvalue weighted by atomic mass is 16.5. The van der Waals surface area contributed by atoms with Crippen molar-refractivity contribution in [2.75, 3.05) is 13.2 Å². The zero-order valence-electron chi connectivity index (χ0n) is 11.4. The summed E-state index contributed by atoms with van der Waals surface area (Å²) in [6, 6.07) is 0.488. The fourth-order valence-electron chi connectivity index (χ4n) is 3.89. The number of hydrogen-bond acceptors (Lipinski definition) is 3. The molecule has 1 saturated carbocycles. The summed E-state index contributed by atoms with van der Waals surface area (Å²) in [6.07, 6.45) is 8.16. The summed E-state index contributed by atoms with van der Waals surface area (Å²) in [5.74, 6) is 2.34. The molecule has 0 spiro atoms. The molecule has 1 saturated heterocycles. The number of rotatable bonds is 4. The van der Waals surface area contributed by atoms with Gasteiger partial charge in [-0.25, -0.2) is 0 Å². The Morgan fingerprint density at radius 3 is 2.83 bits per heavy atom. The third kappa shape index (κ3) is 2.13. The molecule has 3 rings (SSSR count). The van der Waals surface area contributed by atoms with Crippen LogP contribution in [0.25, 0.3) is 0 Å². The lowest BCUT2D eigenvalue weighted by Crippen LogP contribution is -2.49. The predicted molar refractivity (Wildman–Crippen MR) is 71.3 cm³/mol. The molecule has 0 aromatic heterocycles. The first-order valence-electron chi connectivity index (χ1n) is 7.34. The second-order valence-corrected chi connectivity index (χ2v) is 6.48. The van der Waals surface area contributed by atoms with Crippen molar-refractivity contribution in [3.05, 3.63) is 12.2 Å². The molecule has 6 unspecified atom stereocenters. The minimum absolute atomic E-state index is 0.0443. The van der Waals surface area contributed by atoms with Gasteiger partial charge in [0.1, 0.15) is 5.60 Å². The van der Waals surface area contributed by atoms with Gasteiger partial charge in [-0.1, -0.05) is 12.2 Å². The molecule has 1 aliphatic heterocycles. The Morgan fingerprint density at radius 1 is 1.44 bits per heavy atom. The van der Waals surface area contributed by atoms with Crippen molar-refractivity contribution >= 4 is 0 Å². The van der Waals surface area contributed by atoms with E-state index in [1.165, 1.54) is 12.8 Å². The molecule has 3 aliphatic rings. The molecule has 18 heavy (non-hydrogen) atoms. The number of ether oxygens (including phenoxy) is 1. The molecule has 6 atom stereocenters. The van der Waals surface area contributed by atoms with Crippen LogP contribution in [0.3, 0.4) is 0 Å². The third-order valence-corrected chi connectivity index (χ3v) is 5.36. The van der Waals surface area contributed by atoms with Crippen LogP contribution in [0.15, 0.2) is 12.2 Å². The van der Waals surface area contributed by atoms with Crippen molar-refractivity contribution in [2.24, 2.45) is 17.8 Å². The van der Waals surface area contributed by atoms with Gasteiger partial charge in [0.25, 0.3) is 0 Å². The first-order valence-corrected chi connectivity index (χ1v) is 7.34. The van der Waals surface area contributed by atoms with Gasteiger partial charge in [0.2, 0.25) is 0 Å².